The van der Waals surface area contributed by atoms with E-state index in [0.29, 0.717) is 12.1 Å². The molecule has 0 radical (unpaired) electrons. The molecule has 4 rings (SSSR count). The minimum absolute atomic E-state index is 0.578. The van der Waals surface area contributed by atoms with Crippen molar-refractivity contribution >= 4 is 11.2 Å². The van der Waals surface area contributed by atoms with E-state index in [1.807, 2.05) is 12.3 Å². The van der Waals surface area contributed by atoms with E-state index in [0.717, 1.165) is 30.7 Å². The van der Waals surface area contributed by atoms with Gasteiger partial charge in [0, 0.05) is 31.2 Å². The number of hydrogen-bond acceptors (Lipinski definition) is 4. The van der Waals surface area contributed by atoms with Crippen LogP contribution in [0.1, 0.15) is 37.9 Å². The highest BCUT2D eigenvalue weighted by Crippen LogP contribution is 2.22. The van der Waals surface area contributed by atoms with Crippen LogP contribution in [0.2, 0.25) is 0 Å². The molecule has 1 N–H and O–H groups in total. The Morgan fingerprint density at radius 3 is 3.04 bits per heavy atom. The number of likely N-dealkylation sites (tertiary alicyclic amines) is 1. The van der Waals surface area contributed by atoms with Crippen molar-refractivity contribution in [3.05, 3.63) is 24.2 Å². The van der Waals surface area contributed by atoms with Crippen LogP contribution in [0.5, 0.6) is 0 Å². The Morgan fingerprint density at radius 1 is 1.26 bits per heavy atom. The van der Waals surface area contributed by atoms with E-state index >= 15 is 0 Å². The van der Waals surface area contributed by atoms with Crippen molar-refractivity contribution in [3.63, 3.8) is 0 Å². The predicted octanol–water partition coefficient (Wildman–Crippen LogP) is 2.21. The summed E-state index contributed by atoms with van der Waals surface area (Å²) >= 11 is 0. The molecule has 2 aromatic heterocycles. The molecule has 2 unspecified atom stereocenters. The quantitative estimate of drug-likeness (QED) is 0.940. The highest BCUT2D eigenvalue weighted by Gasteiger charge is 2.24. The molecule has 5 nitrogen and oxygen atoms in total. The summed E-state index contributed by atoms with van der Waals surface area (Å²) in [6.07, 6.45) is 9.41. The first kappa shape index (κ1) is 15.1. The highest BCUT2D eigenvalue weighted by molar-refractivity contribution is 5.71. The van der Waals surface area contributed by atoms with Gasteiger partial charge in [0.25, 0.3) is 0 Å². The molecule has 4 heterocycles. The number of piperidine rings is 1. The summed E-state index contributed by atoms with van der Waals surface area (Å²) < 4.78 is 2.39. The lowest BCUT2D eigenvalue weighted by atomic mass is 10.0. The standard InChI is InChI=1S/C18H27N5/c1-22-11-3-2-7-15(22)13-23-17(12-14-6-4-9-19-14)21-16-8-5-10-20-18(16)23/h5,8,10,14-15,19H,2-4,6-7,9,11-13H2,1H3. The van der Waals surface area contributed by atoms with Gasteiger partial charge in [0.2, 0.25) is 0 Å². The zero-order valence-corrected chi connectivity index (χ0v) is 14.0. The molecule has 0 bridgehead atoms. The number of hydrogen-bond donors (Lipinski definition) is 1. The van der Waals surface area contributed by atoms with Crippen LogP contribution in [0, 0.1) is 0 Å². The van der Waals surface area contributed by atoms with Crippen molar-refractivity contribution in [2.45, 2.75) is 57.2 Å². The molecule has 2 aromatic rings. The van der Waals surface area contributed by atoms with Gasteiger partial charge in [-0.05, 0) is 58.0 Å². The van der Waals surface area contributed by atoms with Crippen LogP contribution in [0.4, 0.5) is 0 Å². The maximum atomic E-state index is 4.91. The van der Waals surface area contributed by atoms with Crippen molar-refractivity contribution in [3.8, 4) is 0 Å². The summed E-state index contributed by atoms with van der Waals surface area (Å²) in [7, 11) is 2.26. The average molecular weight is 313 g/mol. The van der Waals surface area contributed by atoms with Gasteiger partial charge >= 0.3 is 0 Å². The first-order valence-electron chi connectivity index (χ1n) is 9.05. The number of fused-ring (bicyclic) bond motifs is 1. The van der Waals surface area contributed by atoms with Crippen molar-refractivity contribution in [1.82, 2.24) is 24.8 Å². The average Bonchev–Trinajstić information content (AvgIpc) is 3.19. The topological polar surface area (TPSA) is 46.0 Å². The molecular weight excluding hydrogens is 286 g/mol. The van der Waals surface area contributed by atoms with Crippen LogP contribution < -0.4 is 5.32 Å². The molecule has 2 atom stereocenters. The Hall–Kier alpha value is -1.46. The molecule has 0 aromatic carbocycles. The third-order valence-electron chi connectivity index (χ3n) is 5.49. The van der Waals surface area contributed by atoms with Crippen molar-refractivity contribution in [2.75, 3.05) is 20.1 Å². The monoisotopic (exact) mass is 313 g/mol. The number of nitrogens with one attached hydrogen (secondary N) is 1. The molecule has 0 amide bonds. The van der Waals surface area contributed by atoms with Crippen LogP contribution in [-0.4, -0.2) is 51.7 Å². The molecule has 5 heteroatoms. The predicted molar refractivity (Wildman–Crippen MR) is 92.5 cm³/mol. The number of rotatable bonds is 4. The Labute approximate surface area is 138 Å². The van der Waals surface area contributed by atoms with E-state index in [-0.39, 0.29) is 0 Å². The Kier molecular flexibility index (Phi) is 4.31. The molecule has 0 saturated carbocycles. The first-order chi connectivity index (χ1) is 11.3. The fourth-order valence-electron chi connectivity index (χ4n) is 4.09. The summed E-state index contributed by atoms with van der Waals surface area (Å²) in [5, 5.41) is 3.60. The Bertz CT molecular complexity index is 658. The van der Waals surface area contributed by atoms with E-state index in [1.165, 1.54) is 44.5 Å². The molecular formula is C18H27N5. The molecule has 2 fully saturated rings. The SMILES string of the molecule is CN1CCCCC1Cn1c(CC2CCCN2)nc2cccnc21. The number of nitrogens with zero attached hydrogens (tertiary/aromatic N) is 4. The second-order valence-corrected chi connectivity index (χ2v) is 7.11. The van der Waals surface area contributed by atoms with Crippen LogP contribution in [-0.2, 0) is 13.0 Å². The second-order valence-electron chi connectivity index (χ2n) is 7.11. The number of aromatic nitrogens is 3. The number of imidazole rings is 1. The van der Waals surface area contributed by atoms with E-state index in [2.05, 4.69) is 32.9 Å². The molecule has 23 heavy (non-hydrogen) atoms. The largest absolute Gasteiger partial charge is 0.314 e. The zero-order valence-electron chi connectivity index (χ0n) is 14.0. The molecule has 2 aliphatic rings. The summed E-state index contributed by atoms with van der Waals surface area (Å²) in [6.45, 7) is 3.38. The fourth-order valence-corrected chi connectivity index (χ4v) is 4.09. The lowest BCUT2D eigenvalue weighted by Gasteiger charge is -2.33. The van der Waals surface area contributed by atoms with Crippen LogP contribution in [0.15, 0.2) is 18.3 Å². The van der Waals surface area contributed by atoms with Crippen LogP contribution >= 0.6 is 0 Å². The van der Waals surface area contributed by atoms with Gasteiger partial charge in [-0.1, -0.05) is 6.42 Å². The highest BCUT2D eigenvalue weighted by atomic mass is 15.2. The minimum Gasteiger partial charge on any atom is -0.314 e. The second kappa shape index (κ2) is 6.57. The van der Waals surface area contributed by atoms with Gasteiger partial charge in [-0.25, -0.2) is 9.97 Å². The van der Waals surface area contributed by atoms with E-state index in [9.17, 15) is 0 Å². The van der Waals surface area contributed by atoms with Gasteiger partial charge in [0.05, 0.1) is 0 Å². The third kappa shape index (κ3) is 3.12. The molecule has 124 valence electrons. The van der Waals surface area contributed by atoms with Gasteiger partial charge in [-0.15, -0.1) is 0 Å². The Balaban J connectivity index is 1.64. The number of pyridine rings is 1. The van der Waals surface area contributed by atoms with Crippen molar-refractivity contribution in [1.29, 1.82) is 0 Å². The summed E-state index contributed by atoms with van der Waals surface area (Å²) in [5.74, 6) is 1.21. The van der Waals surface area contributed by atoms with Gasteiger partial charge in [-0.2, -0.15) is 0 Å². The molecule has 0 aliphatic carbocycles. The van der Waals surface area contributed by atoms with Gasteiger partial charge < -0.3 is 14.8 Å². The Morgan fingerprint density at radius 2 is 2.22 bits per heavy atom. The number of likely N-dealkylation sites (N-methyl/N-ethyl adjacent to an activating group) is 1. The normalized spacial score (nSPS) is 26.1. The maximum absolute atomic E-state index is 4.91. The fraction of sp³-hybridized carbons (Fsp3) is 0.667. The summed E-state index contributed by atoms with van der Waals surface area (Å²) in [5.41, 5.74) is 2.10. The summed E-state index contributed by atoms with van der Waals surface area (Å²) in [4.78, 5) is 12.0. The molecule has 2 saturated heterocycles. The van der Waals surface area contributed by atoms with Gasteiger partial charge in [0.15, 0.2) is 5.65 Å². The third-order valence-corrected chi connectivity index (χ3v) is 5.49. The smallest absolute Gasteiger partial charge is 0.160 e. The van der Waals surface area contributed by atoms with Crippen molar-refractivity contribution in [2.24, 2.45) is 0 Å². The van der Waals surface area contributed by atoms with Crippen LogP contribution in [0.3, 0.4) is 0 Å². The van der Waals surface area contributed by atoms with Gasteiger partial charge in [0.1, 0.15) is 11.3 Å². The lowest BCUT2D eigenvalue weighted by Crippen LogP contribution is -2.39. The minimum atomic E-state index is 0.578. The first-order valence-corrected chi connectivity index (χ1v) is 9.05. The lowest BCUT2D eigenvalue weighted by molar-refractivity contribution is 0.167. The molecule has 2 aliphatic heterocycles. The van der Waals surface area contributed by atoms with Crippen molar-refractivity contribution < 1.29 is 0 Å². The van der Waals surface area contributed by atoms with E-state index in [4.69, 9.17) is 4.98 Å². The van der Waals surface area contributed by atoms with E-state index < -0.39 is 0 Å². The summed E-state index contributed by atoms with van der Waals surface area (Å²) in [6, 6.07) is 5.27. The zero-order chi connectivity index (χ0) is 15.6. The van der Waals surface area contributed by atoms with Gasteiger partial charge in [-0.3, -0.25) is 0 Å². The van der Waals surface area contributed by atoms with E-state index in [1.54, 1.807) is 0 Å². The maximum Gasteiger partial charge on any atom is 0.160 e. The molecule has 0 spiro atoms. The van der Waals surface area contributed by atoms with Crippen LogP contribution in [0.25, 0.3) is 11.2 Å².